The van der Waals surface area contributed by atoms with Crippen LogP contribution in [0, 0.1) is 6.92 Å². The third-order valence-electron chi connectivity index (χ3n) is 3.15. The Morgan fingerprint density at radius 1 is 1.47 bits per heavy atom. The summed E-state index contributed by atoms with van der Waals surface area (Å²) in [5, 5.41) is 3.52. The smallest absolute Gasteiger partial charge is 0.142 e. The largest absolute Gasteiger partial charge is 0.492 e. The highest BCUT2D eigenvalue weighted by atomic mass is 16.5. The topological polar surface area (TPSA) is 30.5 Å². The van der Waals surface area contributed by atoms with Gasteiger partial charge in [-0.15, -0.1) is 0 Å². The molecule has 3 heteroatoms. The molecule has 1 aliphatic heterocycles. The minimum absolute atomic E-state index is 0.269. The van der Waals surface area contributed by atoms with Gasteiger partial charge in [0.15, 0.2) is 0 Å². The van der Waals surface area contributed by atoms with Gasteiger partial charge in [-0.1, -0.05) is 6.07 Å². The molecule has 0 aliphatic carbocycles. The van der Waals surface area contributed by atoms with Crippen LogP contribution in [0.2, 0.25) is 0 Å². The number of anilines is 1. The third kappa shape index (κ3) is 2.91. The maximum Gasteiger partial charge on any atom is 0.142 e. The van der Waals surface area contributed by atoms with Crippen molar-refractivity contribution in [2.75, 3.05) is 18.5 Å². The van der Waals surface area contributed by atoms with Crippen LogP contribution < -0.4 is 10.1 Å². The average molecular weight is 235 g/mol. The number of hydrogen-bond acceptors (Lipinski definition) is 3. The molecule has 1 N–H and O–H groups in total. The summed E-state index contributed by atoms with van der Waals surface area (Å²) in [6.45, 7) is 7.73. The van der Waals surface area contributed by atoms with E-state index in [0.29, 0.717) is 12.6 Å². The van der Waals surface area contributed by atoms with Gasteiger partial charge in [0, 0.05) is 6.61 Å². The minimum Gasteiger partial charge on any atom is -0.492 e. The molecule has 2 unspecified atom stereocenters. The molecule has 3 nitrogen and oxygen atoms in total. The van der Waals surface area contributed by atoms with Gasteiger partial charge in [-0.2, -0.15) is 0 Å². The monoisotopic (exact) mass is 235 g/mol. The van der Waals surface area contributed by atoms with Gasteiger partial charge in [0.05, 0.1) is 24.4 Å². The molecule has 0 spiro atoms. The van der Waals surface area contributed by atoms with Crippen molar-refractivity contribution in [2.45, 2.75) is 39.3 Å². The molecule has 1 aromatic rings. The molecule has 17 heavy (non-hydrogen) atoms. The summed E-state index contributed by atoms with van der Waals surface area (Å²) in [4.78, 5) is 0. The molecule has 0 amide bonds. The Balaban J connectivity index is 2.13. The number of aryl methyl sites for hydroxylation is 1. The molecule has 94 valence electrons. The number of nitrogens with one attached hydrogen (secondary N) is 1. The molecule has 2 atom stereocenters. The standard InChI is InChI=1S/C14H21NO2/c1-4-16-14-9-10(2)5-6-13(14)15-12-7-8-17-11(12)3/h5-6,9,11-12,15H,4,7-8H2,1-3H3. The van der Waals surface area contributed by atoms with Crippen LogP contribution in [-0.4, -0.2) is 25.4 Å². The van der Waals surface area contributed by atoms with Gasteiger partial charge in [-0.3, -0.25) is 0 Å². The third-order valence-corrected chi connectivity index (χ3v) is 3.15. The number of ether oxygens (including phenoxy) is 2. The normalized spacial score (nSPS) is 23.7. The summed E-state index contributed by atoms with van der Waals surface area (Å²) in [5.41, 5.74) is 2.29. The van der Waals surface area contributed by atoms with Crippen LogP contribution in [0.5, 0.6) is 5.75 Å². The Kier molecular flexibility index (Phi) is 3.89. The van der Waals surface area contributed by atoms with Crippen LogP contribution >= 0.6 is 0 Å². The van der Waals surface area contributed by atoms with Crippen molar-refractivity contribution < 1.29 is 9.47 Å². The molecule has 1 heterocycles. The molecule has 0 aromatic heterocycles. The van der Waals surface area contributed by atoms with Gasteiger partial charge in [-0.05, 0) is 44.9 Å². The molecule has 0 radical (unpaired) electrons. The Hall–Kier alpha value is -1.22. The highest BCUT2D eigenvalue weighted by molar-refractivity contribution is 5.58. The molecule has 1 aromatic carbocycles. The first-order chi connectivity index (χ1) is 8.20. The number of hydrogen-bond donors (Lipinski definition) is 1. The Morgan fingerprint density at radius 3 is 2.94 bits per heavy atom. The minimum atomic E-state index is 0.269. The van der Waals surface area contributed by atoms with Gasteiger partial charge in [-0.25, -0.2) is 0 Å². The summed E-state index contributed by atoms with van der Waals surface area (Å²) in [7, 11) is 0. The predicted molar refractivity (Wildman–Crippen MR) is 69.8 cm³/mol. The fraction of sp³-hybridized carbons (Fsp3) is 0.571. The molecular weight excluding hydrogens is 214 g/mol. The fourth-order valence-electron chi connectivity index (χ4n) is 2.14. The van der Waals surface area contributed by atoms with E-state index in [2.05, 4.69) is 37.4 Å². The van der Waals surface area contributed by atoms with E-state index < -0.39 is 0 Å². The SMILES string of the molecule is CCOc1cc(C)ccc1NC1CCOC1C. The second-order valence-corrected chi connectivity index (χ2v) is 4.55. The van der Waals surface area contributed by atoms with E-state index >= 15 is 0 Å². The molecule has 0 saturated carbocycles. The van der Waals surface area contributed by atoms with Gasteiger partial charge in [0.25, 0.3) is 0 Å². The predicted octanol–water partition coefficient (Wildman–Crippen LogP) is 2.98. The highest BCUT2D eigenvalue weighted by Gasteiger charge is 2.24. The zero-order valence-corrected chi connectivity index (χ0v) is 10.8. The lowest BCUT2D eigenvalue weighted by atomic mass is 10.1. The van der Waals surface area contributed by atoms with Gasteiger partial charge in [0.2, 0.25) is 0 Å². The van der Waals surface area contributed by atoms with Crippen LogP contribution in [0.15, 0.2) is 18.2 Å². The van der Waals surface area contributed by atoms with Gasteiger partial charge >= 0.3 is 0 Å². The van der Waals surface area contributed by atoms with E-state index in [1.807, 2.05) is 6.92 Å². The lowest BCUT2D eigenvalue weighted by molar-refractivity contribution is 0.121. The summed E-state index contributed by atoms with van der Waals surface area (Å²) in [6.07, 6.45) is 1.33. The summed E-state index contributed by atoms with van der Waals surface area (Å²) < 4.78 is 11.2. The van der Waals surface area contributed by atoms with Crippen LogP contribution in [0.3, 0.4) is 0 Å². The van der Waals surface area contributed by atoms with Crippen LogP contribution in [0.1, 0.15) is 25.8 Å². The number of rotatable bonds is 4. The van der Waals surface area contributed by atoms with Crippen molar-refractivity contribution in [3.63, 3.8) is 0 Å². The Morgan fingerprint density at radius 2 is 2.29 bits per heavy atom. The average Bonchev–Trinajstić information content (AvgIpc) is 2.69. The molecule has 2 rings (SSSR count). The number of benzene rings is 1. The first-order valence-electron chi connectivity index (χ1n) is 6.32. The zero-order valence-electron chi connectivity index (χ0n) is 10.8. The Labute approximate surface area is 103 Å². The van der Waals surface area contributed by atoms with Crippen molar-refractivity contribution in [1.82, 2.24) is 0 Å². The maximum atomic E-state index is 5.66. The van der Waals surface area contributed by atoms with Crippen molar-refractivity contribution in [3.05, 3.63) is 23.8 Å². The highest BCUT2D eigenvalue weighted by Crippen LogP contribution is 2.28. The van der Waals surface area contributed by atoms with E-state index in [4.69, 9.17) is 9.47 Å². The molecular formula is C14H21NO2. The summed E-state index contributed by atoms with van der Waals surface area (Å²) in [6, 6.07) is 6.65. The van der Waals surface area contributed by atoms with E-state index in [1.165, 1.54) is 5.56 Å². The van der Waals surface area contributed by atoms with Gasteiger partial charge in [0.1, 0.15) is 5.75 Å². The second kappa shape index (κ2) is 5.41. The lowest BCUT2D eigenvalue weighted by Gasteiger charge is -2.20. The quantitative estimate of drug-likeness (QED) is 0.870. The maximum absolute atomic E-state index is 5.66. The van der Waals surface area contributed by atoms with E-state index in [9.17, 15) is 0 Å². The first-order valence-corrected chi connectivity index (χ1v) is 6.32. The molecule has 1 fully saturated rings. The fourth-order valence-corrected chi connectivity index (χ4v) is 2.14. The van der Waals surface area contributed by atoms with Crippen LogP contribution in [-0.2, 0) is 4.74 Å². The molecule has 1 aliphatic rings. The van der Waals surface area contributed by atoms with Gasteiger partial charge < -0.3 is 14.8 Å². The van der Waals surface area contributed by atoms with Crippen molar-refractivity contribution >= 4 is 5.69 Å². The molecule has 1 saturated heterocycles. The lowest BCUT2D eigenvalue weighted by Crippen LogP contribution is -2.26. The first kappa shape index (κ1) is 12.2. The van der Waals surface area contributed by atoms with Crippen molar-refractivity contribution in [1.29, 1.82) is 0 Å². The van der Waals surface area contributed by atoms with E-state index in [1.54, 1.807) is 0 Å². The van der Waals surface area contributed by atoms with E-state index in [-0.39, 0.29) is 6.10 Å². The van der Waals surface area contributed by atoms with E-state index in [0.717, 1.165) is 24.5 Å². The van der Waals surface area contributed by atoms with Crippen molar-refractivity contribution in [2.24, 2.45) is 0 Å². The van der Waals surface area contributed by atoms with Crippen molar-refractivity contribution in [3.8, 4) is 5.75 Å². The Bertz CT molecular complexity index is 378. The summed E-state index contributed by atoms with van der Waals surface area (Å²) >= 11 is 0. The van der Waals surface area contributed by atoms with Crippen LogP contribution in [0.25, 0.3) is 0 Å². The van der Waals surface area contributed by atoms with Crippen LogP contribution in [0.4, 0.5) is 5.69 Å². The summed E-state index contributed by atoms with van der Waals surface area (Å²) in [5.74, 6) is 0.937. The zero-order chi connectivity index (χ0) is 12.3. The molecule has 0 bridgehead atoms. The second-order valence-electron chi connectivity index (χ2n) is 4.55.